The van der Waals surface area contributed by atoms with Gasteiger partial charge in [-0.05, 0) is 26.3 Å². The maximum atomic E-state index is 12.6. The molecule has 1 atom stereocenters. The smallest absolute Gasteiger partial charge is 0.175 e. The number of aryl methyl sites for hydroxylation is 2. The molecule has 2 aromatic heterocycles. The summed E-state index contributed by atoms with van der Waals surface area (Å²) in [6, 6.07) is 1.82. The topological polar surface area (TPSA) is 74.0 Å². The zero-order chi connectivity index (χ0) is 17.5. The van der Waals surface area contributed by atoms with Gasteiger partial charge in [0.25, 0.3) is 0 Å². The maximum Gasteiger partial charge on any atom is 0.175 e. The fourth-order valence-corrected chi connectivity index (χ4v) is 5.81. The van der Waals surface area contributed by atoms with Crippen molar-refractivity contribution in [1.82, 2.24) is 14.1 Å². The van der Waals surface area contributed by atoms with Crippen LogP contribution in [0, 0.1) is 13.8 Å². The fraction of sp³-hybridized carbons (Fsp3) is 0.500. The Morgan fingerprint density at radius 3 is 2.75 bits per heavy atom. The number of imidazole rings is 1. The second kappa shape index (κ2) is 6.40. The van der Waals surface area contributed by atoms with E-state index in [1.807, 2.05) is 42.3 Å². The van der Waals surface area contributed by atoms with Crippen LogP contribution in [0.4, 0.5) is 0 Å². The second-order valence-corrected chi connectivity index (χ2v) is 9.42. The minimum Gasteiger partial charge on any atom is -0.344 e. The Kier molecular flexibility index (Phi) is 4.61. The summed E-state index contributed by atoms with van der Waals surface area (Å²) in [7, 11) is -1.06. The standard InChI is InChI=1S/C16H21N3O3S2/c1-11-8-14(15(20)9-23-16-17-5-6-18(16)3)12(2)19(11)13-4-7-24(21,22)10-13/h5-6,8,13H,4,7,9-10H2,1-3H3. The highest BCUT2D eigenvalue weighted by Gasteiger charge is 2.31. The van der Waals surface area contributed by atoms with Crippen molar-refractivity contribution in [2.75, 3.05) is 17.3 Å². The van der Waals surface area contributed by atoms with Crippen LogP contribution in [0.5, 0.6) is 0 Å². The Labute approximate surface area is 146 Å². The van der Waals surface area contributed by atoms with Crippen LogP contribution < -0.4 is 0 Å². The van der Waals surface area contributed by atoms with Crippen LogP contribution in [0.1, 0.15) is 34.2 Å². The van der Waals surface area contributed by atoms with E-state index >= 15 is 0 Å². The second-order valence-electron chi connectivity index (χ2n) is 6.24. The number of aromatic nitrogens is 3. The number of carbonyl (C=O) groups excluding carboxylic acids is 1. The molecule has 0 spiro atoms. The molecular weight excluding hydrogens is 346 g/mol. The maximum absolute atomic E-state index is 12.6. The molecule has 3 heterocycles. The molecule has 130 valence electrons. The van der Waals surface area contributed by atoms with Gasteiger partial charge in [-0.2, -0.15) is 0 Å². The Morgan fingerprint density at radius 1 is 1.42 bits per heavy atom. The minimum atomic E-state index is -2.95. The molecular formula is C16H21N3O3S2. The molecule has 6 nitrogen and oxygen atoms in total. The lowest BCUT2D eigenvalue weighted by Gasteiger charge is -2.16. The molecule has 0 bridgehead atoms. The molecule has 0 aliphatic carbocycles. The van der Waals surface area contributed by atoms with Gasteiger partial charge in [0.2, 0.25) is 0 Å². The molecule has 1 aliphatic heterocycles. The molecule has 0 N–H and O–H groups in total. The number of thioether (sulfide) groups is 1. The third kappa shape index (κ3) is 3.30. The number of Topliss-reactive ketones (excluding diaryl/α,β-unsaturated/α-hetero) is 1. The fourth-order valence-electron chi connectivity index (χ4n) is 3.30. The van der Waals surface area contributed by atoms with Crippen molar-refractivity contribution in [1.29, 1.82) is 0 Å². The van der Waals surface area contributed by atoms with Crippen molar-refractivity contribution in [2.24, 2.45) is 7.05 Å². The van der Waals surface area contributed by atoms with Crippen molar-refractivity contribution < 1.29 is 13.2 Å². The molecule has 0 saturated carbocycles. The highest BCUT2D eigenvalue weighted by atomic mass is 32.2. The molecule has 8 heteroatoms. The average molecular weight is 367 g/mol. The Bertz CT molecular complexity index is 881. The van der Waals surface area contributed by atoms with Crippen molar-refractivity contribution in [2.45, 2.75) is 31.5 Å². The molecule has 0 amide bonds. The summed E-state index contributed by atoms with van der Waals surface area (Å²) in [6.07, 6.45) is 4.17. The highest BCUT2D eigenvalue weighted by Crippen LogP contribution is 2.30. The number of hydrogen-bond acceptors (Lipinski definition) is 5. The molecule has 1 aliphatic rings. The first kappa shape index (κ1) is 17.3. The van der Waals surface area contributed by atoms with Gasteiger partial charge >= 0.3 is 0 Å². The number of ketones is 1. The highest BCUT2D eigenvalue weighted by molar-refractivity contribution is 7.99. The monoisotopic (exact) mass is 367 g/mol. The molecule has 0 aromatic carbocycles. The van der Waals surface area contributed by atoms with Gasteiger partial charge in [-0.3, -0.25) is 4.79 Å². The summed E-state index contributed by atoms with van der Waals surface area (Å²) in [5.41, 5.74) is 2.48. The first-order valence-corrected chi connectivity index (χ1v) is 10.6. The lowest BCUT2D eigenvalue weighted by atomic mass is 10.2. The number of sulfone groups is 1. The van der Waals surface area contributed by atoms with E-state index in [9.17, 15) is 13.2 Å². The van der Waals surface area contributed by atoms with Gasteiger partial charge in [0.1, 0.15) is 0 Å². The summed E-state index contributed by atoms with van der Waals surface area (Å²) < 4.78 is 27.4. The largest absolute Gasteiger partial charge is 0.344 e. The normalized spacial score (nSPS) is 19.7. The van der Waals surface area contributed by atoms with Gasteiger partial charge in [0.15, 0.2) is 20.8 Å². The van der Waals surface area contributed by atoms with Crippen LogP contribution in [0.3, 0.4) is 0 Å². The van der Waals surface area contributed by atoms with Crippen LogP contribution >= 0.6 is 11.8 Å². The van der Waals surface area contributed by atoms with Crippen LogP contribution in [-0.2, 0) is 16.9 Å². The number of nitrogens with zero attached hydrogens (tertiary/aromatic N) is 3. The Hall–Kier alpha value is -1.54. The lowest BCUT2D eigenvalue weighted by molar-refractivity contribution is 0.102. The first-order chi connectivity index (χ1) is 11.3. The quantitative estimate of drug-likeness (QED) is 0.598. The molecule has 3 rings (SSSR count). The Balaban J connectivity index is 1.78. The van der Waals surface area contributed by atoms with E-state index in [4.69, 9.17) is 0 Å². The van der Waals surface area contributed by atoms with Crippen LogP contribution in [-0.4, -0.2) is 45.6 Å². The van der Waals surface area contributed by atoms with Gasteiger partial charge in [-0.15, -0.1) is 0 Å². The molecule has 1 unspecified atom stereocenters. The zero-order valence-corrected chi connectivity index (χ0v) is 15.7. The van der Waals surface area contributed by atoms with Gasteiger partial charge in [0, 0.05) is 42.4 Å². The van der Waals surface area contributed by atoms with Crippen LogP contribution in [0.25, 0.3) is 0 Å². The minimum absolute atomic E-state index is 0.0446. The predicted octanol–water partition coefficient (Wildman–Crippen LogP) is 2.17. The van der Waals surface area contributed by atoms with E-state index in [2.05, 4.69) is 4.98 Å². The molecule has 1 fully saturated rings. The van der Waals surface area contributed by atoms with Crippen molar-refractivity contribution in [3.8, 4) is 0 Å². The molecule has 2 aromatic rings. The summed E-state index contributed by atoms with van der Waals surface area (Å²) in [4.78, 5) is 16.8. The summed E-state index contributed by atoms with van der Waals surface area (Å²) >= 11 is 1.41. The van der Waals surface area contributed by atoms with Gasteiger partial charge in [0.05, 0.1) is 17.3 Å². The van der Waals surface area contributed by atoms with E-state index in [0.717, 1.165) is 16.5 Å². The van der Waals surface area contributed by atoms with Crippen LogP contribution in [0.2, 0.25) is 0 Å². The Morgan fingerprint density at radius 2 is 2.17 bits per heavy atom. The number of carbonyl (C=O) groups is 1. The van der Waals surface area contributed by atoms with E-state index in [1.54, 1.807) is 6.20 Å². The first-order valence-electron chi connectivity index (χ1n) is 7.80. The molecule has 1 saturated heterocycles. The SMILES string of the molecule is Cc1cc(C(=O)CSc2nccn2C)c(C)n1C1CCS(=O)(=O)C1. The molecule has 24 heavy (non-hydrogen) atoms. The number of hydrogen-bond donors (Lipinski definition) is 0. The summed E-state index contributed by atoms with van der Waals surface area (Å²) in [6.45, 7) is 3.83. The zero-order valence-electron chi connectivity index (χ0n) is 14.0. The van der Waals surface area contributed by atoms with Crippen molar-refractivity contribution in [3.05, 3.63) is 35.4 Å². The van der Waals surface area contributed by atoms with Crippen LogP contribution in [0.15, 0.2) is 23.6 Å². The summed E-state index contributed by atoms with van der Waals surface area (Å²) in [5, 5.41) is 0.805. The van der Waals surface area contributed by atoms with Gasteiger partial charge in [-0.25, -0.2) is 13.4 Å². The van der Waals surface area contributed by atoms with Gasteiger partial charge < -0.3 is 9.13 Å². The molecule has 0 radical (unpaired) electrons. The summed E-state index contributed by atoms with van der Waals surface area (Å²) in [5.74, 6) is 0.757. The number of rotatable bonds is 5. The average Bonchev–Trinajstić information content (AvgIpc) is 3.15. The third-order valence-electron chi connectivity index (χ3n) is 4.47. The third-order valence-corrected chi connectivity index (χ3v) is 7.28. The van der Waals surface area contributed by atoms with E-state index in [-0.39, 0.29) is 23.3 Å². The van der Waals surface area contributed by atoms with Gasteiger partial charge in [-0.1, -0.05) is 11.8 Å². The van der Waals surface area contributed by atoms with Crippen molar-refractivity contribution in [3.63, 3.8) is 0 Å². The van der Waals surface area contributed by atoms with E-state index < -0.39 is 9.84 Å². The van der Waals surface area contributed by atoms with E-state index in [1.165, 1.54) is 11.8 Å². The lowest BCUT2D eigenvalue weighted by Crippen LogP contribution is -2.14. The van der Waals surface area contributed by atoms with E-state index in [0.29, 0.717) is 17.7 Å². The van der Waals surface area contributed by atoms with Crippen molar-refractivity contribution >= 4 is 27.4 Å². The predicted molar refractivity (Wildman–Crippen MR) is 94.5 cm³/mol.